The zero-order valence-electron chi connectivity index (χ0n) is 7.46. The normalized spacial score (nSPS) is 16.6. The summed E-state index contributed by atoms with van der Waals surface area (Å²) >= 11 is 11.3. The molecular weight excluding hydrogens is 282 g/mol. The van der Waals surface area contributed by atoms with Crippen LogP contribution < -0.4 is 0 Å². The first-order valence-electron chi connectivity index (χ1n) is 4.33. The van der Waals surface area contributed by atoms with E-state index in [4.69, 9.17) is 11.6 Å². The maximum atomic E-state index is 5.98. The topological polar surface area (TPSA) is 12.4 Å². The van der Waals surface area contributed by atoms with Crippen molar-refractivity contribution < 1.29 is 0 Å². The average Bonchev–Trinajstić information content (AvgIpc) is 2.18. The molecule has 0 aliphatic carbocycles. The van der Waals surface area contributed by atoms with E-state index in [9.17, 15) is 0 Å². The molecule has 0 saturated heterocycles. The van der Waals surface area contributed by atoms with Crippen LogP contribution in [0.5, 0.6) is 0 Å². The van der Waals surface area contributed by atoms with Gasteiger partial charge in [0.2, 0.25) is 0 Å². The van der Waals surface area contributed by atoms with Gasteiger partial charge < -0.3 is 0 Å². The molecule has 0 radical (unpaired) electrons. The van der Waals surface area contributed by atoms with E-state index in [0.717, 1.165) is 38.8 Å². The maximum absolute atomic E-state index is 5.98. The number of hydrogen-bond acceptors (Lipinski definition) is 2. The van der Waals surface area contributed by atoms with Crippen LogP contribution in [0.25, 0.3) is 0 Å². The average molecular weight is 291 g/mol. The van der Waals surface area contributed by atoms with Gasteiger partial charge in [0.25, 0.3) is 0 Å². The largest absolute Gasteiger partial charge is 0.287 e. The number of aliphatic imine (C=N–C) groups is 1. The lowest BCUT2D eigenvalue weighted by molar-refractivity contribution is 1.13. The van der Waals surface area contributed by atoms with Gasteiger partial charge in [0.15, 0.2) is 0 Å². The van der Waals surface area contributed by atoms with Gasteiger partial charge in [0, 0.05) is 27.5 Å². The molecule has 0 fully saturated rings. The molecule has 0 aromatic heterocycles. The molecule has 14 heavy (non-hydrogen) atoms. The van der Waals surface area contributed by atoms with Crippen molar-refractivity contribution in [3.8, 4) is 0 Å². The molecule has 0 saturated carbocycles. The molecule has 4 heteroatoms. The number of nitrogens with zero attached hydrogens (tertiary/aromatic N) is 1. The summed E-state index contributed by atoms with van der Waals surface area (Å²) in [7, 11) is 0. The van der Waals surface area contributed by atoms with E-state index < -0.39 is 0 Å². The smallest absolute Gasteiger partial charge is 0.0520 e. The van der Waals surface area contributed by atoms with Crippen molar-refractivity contribution >= 4 is 45.0 Å². The van der Waals surface area contributed by atoms with Crippen molar-refractivity contribution in [2.24, 2.45) is 4.99 Å². The monoisotopic (exact) mass is 289 g/mol. The summed E-state index contributed by atoms with van der Waals surface area (Å²) in [6.45, 7) is 0.921. The zero-order chi connectivity index (χ0) is 9.97. The second kappa shape index (κ2) is 4.69. The van der Waals surface area contributed by atoms with E-state index in [2.05, 4.69) is 27.0 Å². The highest BCUT2D eigenvalue weighted by molar-refractivity contribution is 9.10. The molecule has 1 aliphatic heterocycles. The van der Waals surface area contributed by atoms with Gasteiger partial charge in [0.05, 0.1) is 5.71 Å². The lowest BCUT2D eigenvalue weighted by Gasteiger charge is -2.12. The van der Waals surface area contributed by atoms with Crippen LogP contribution in [0, 0.1) is 0 Å². The summed E-state index contributed by atoms with van der Waals surface area (Å²) in [6.07, 6.45) is 0. The van der Waals surface area contributed by atoms with Crippen molar-refractivity contribution in [2.75, 3.05) is 18.1 Å². The molecule has 1 aromatic rings. The lowest BCUT2D eigenvalue weighted by Crippen LogP contribution is -2.11. The number of thioether (sulfide) groups is 1. The Morgan fingerprint density at radius 2 is 2.21 bits per heavy atom. The Labute approximate surface area is 101 Å². The third-order valence-corrected chi connectivity index (χ3v) is 3.60. The summed E-state index contributed by atoms with van der Waals surface area (Å²) in [4.78, 5) is 4.50. The lowest BCUT2D eigenvalue weighted by atomic mass is 10.1. The molecule has 0 atom stereocenters. The Bertz CT molecular complexity index is 358. The molecule has 74 valence electrons. The Morgan fingerprint density at radius 3 is 2.86 bits per heavy atom. The Balaban J connectivity index is 2.35. The van der Waals surface area contributed by atoms with Gasteiger partial charge in [0.1, 0.15) is 0 Å². The highest BCUT2D eigenvalue weighted by Gasteiger charge is 2.09. The minimum atomic E-state index is 0.757. The van der Waals surface area contributed by atoms with Gasteiger partial charge in [-0.15, -0.1) is 0 Å². The molecule has 1 nitrogen and oxygen atoms in total. The van der Waals surface area contributed by atoms with Crippen LogP contribution >= 0.6 is 39.3 Å². The van der Waals surface area contributed by atoms with Crippen LogP contribution in [0.1, 0.15) is 5.56 Å². The number of halogens is 2. The number of hydrogen-bond donors (Lipinski definition) is 0. The van der Waals surface area contributed by atoms with Crippen LogP contribution in [0.15, 0.2) is 27.7 Å². The van der Waals surface area contributed by atoms with Crippen molar-refractivity contribution in [1.82, 2.24) is 0 Å². The van der Waals surface area contributed by atoms with E-state index in [1.807, 2.05) is 23.9 Å². The third-order valence-electron chi connectivity index (χ3n) is 1.97. The maximum Gasteiger partial charge on any atom is 0.0520 e. The fourth-order valence-corrected chi connectivity index (χ4v) is 3.03. The first kappa shape index (κ1) is 10.5. The van der Waals surface area contributed by atoms with Crippen molar-refractivity contribution in [3.05, 3.63) is 33.3 Å². The molecule has 1 aromatic carbocycles. The highest BCUT2D eigenvalue weighted by Crippen LogP contribution is 2.22. The molecule has 1 aliphatic rings. The quantitative estimate of drug-likeness (QED) is 0.769. The van der Waals surface area contributed by atoms with E-state index in [0.29, 0.717) is 0 Å². The van der Waals surface area contributed by atoms with Gasteiger partial charge in [-0.25, -0.2) is 0 Å². The summed E-state index contributed by atoms with van der Waals surface area (Å²) in [5.74, 6) is 2.12. The molecule has 0 N–H and O–H groups in total. The van der Waals surface area contributed by atoms with Gasteiger partial charge in [-0.05, 0) is 23.8 Å². The van der Waals surface area contributed by atoms with Gasteiger partial charge in [-0.3, -0.25) is 4.99 Å². The Morgan fingerprint density at radius 1 is 1.36 bits per heavy atom. The van der Waals surface area contributed by atoms with Crippen molar-refractivity contribution in [2.45, 2.75) is 0 Å². The molecule has 0 bridgehead atoms. The van der Waals surface area contributed by atoms with Gasteiger partial charge in [-0.1, -0.05) is 27.5 Å². The summed E-state index contributed by atoms with van der Waals surface area (Å²) < 4.78 is 1.01. The van der Waals surface area contributed by atoms with Gasteiger partial charge in [-0.2, -0.15) is 11.8 Å². The van der Waals surface area contributed by atoms with Crippen molar-refractivity contribution in [1.29, 1.82) is 0 Å². The highest BCUT2D eigenvalue weighted by atomic mass is 79.9. The predicted octanol–water partition coefficient (Wildman–Crippen LogP) is 3.64. The fourth-order valence-electron chi connectivity index (χ4n) is 1.35. The zero-order valence-corrected chi connectivity index (χ0v) is 10.6. The molecular formula is C10H9BrClNS. The van der Waals surface area contributed by atoms with Crippen LogP contribution in [0.4, 0.5) is 0 Å². The van der Waals surface area contributed by atoms with E-state index in [1.54, 1.807) is 0 Å². The SMILES string of the molecule is Clc1cc(Br)cc(C2=NCCSC2)c1. The van der Waals surface area contributed by atoms with E-state index in [-0.39, 0.29) is 0 Å². The molecule has 1 heterocycles. The Hall–Kier alpha value is 0.01000. The molecule has 0 spiro atoms. The molecule has 2 rings (SSSR count). The number of benzene rings is 1. The van der Waals surface area contributed by atoms with Gasteiger partial charge >= 0.3 is 0 Å². The number of rotatable bonds is 1. The standard InChI is InChI=1S/C10H9BrClNS/c11-8-3-7(4-9(12)5-8)10-6-14-2-1-13-10/h3-5H,1-2,6H2. The van der Waals surface area contributed by atoms with Crippen molar-refractivity contribution in [3.63, 3.8) is 0 Å². The van der Waals surface area contributed by atoms with Crippen LogP contribution in [-0.4, -0.2) is 23.8 Å². The minimum Gasteiger partial charge on any atom is -0.287 e. The first-order valence-corrected chi connectivity index (χ1v) is 6.66. The molecule has 0 amide bonds. The summed E-state index contributed by atoms with van der Waals surface area (Å²) in [5, 5.41) is 0.757. The van der Waals surface area contributed by atoms with E-state index >= 15 is 0 Å². The Kier molecular flexibility index (Phi) is 3.52. The first-order chi connectivity index (χ1) is 6.75. The van der Waals surface area contributed by atoms with Crippen LogP contribution in [-0.2, 0) is 0 Å². The van der Waals surface area contributed by atoms with Crippen LogP contribution in [0.2, 0.25) is 5.02 Å². The summed E-state index contributed by atoms with van der Waals surface area (Å²) in [6, 6.07) is 5.93. The fraction of sp³-hybridized carbons (Fsp3) is 0.300. The second-order valence-corrected chi connectivity index (χ2v) is 5.50. The summed E-state index contributed by atoms with van der Waals surface area (Å²) in [5.41, 5.74) is 2.29. The molecule has 0 unspecified atom stereocenters. The van der Waals surface area contributed by atoms with Crippen LogP contribution in [0.3, 0.4) is 0 Å². The second-order valence-electron chi connectivity index (χ2n) is 3.04. The third kappa shape index (κ3) is 2.53. The predicted molar refractivity (Wildman–Crippen MR) is 67.9 cm³/mol. The minimum absolute atomic E-state index is 0.757. The van der Waals surface area contributed by atoms with E-state index in [1.165, 1.54) is 0 Å².